The van der Waals surface area contributed by atoms with Crippen LogP contribution in [-0.2, 0) is 11.8 Å². The maximum atomic E-state index is 4.91. The second-order valence-electron chi connectivity index (χ2n) is 8.37. The van der Waals surface area contributed by atoms with Crippen LogP contribution in [0.15, 0.2) is 30.6 Å². The molecule has 3 heterocycles. The lowest BCUT2D eigenvalue weighted by molar-refractivity contribution is 0.405. The van der Waals surface area contributed by atoms with Crippen LogP contribution in [0.2, 0.25) is 0 Å². The van der Waals surface area contributed by atoms with Crippen LogP contribution in [0.25, 0.3) is 16.6 Å². The molecule has 3 nitrogen and oxygen atoms in total. The second kappa shape index (κ2) is 4.80. The van der Waals surface area contributed by atoms with Crippen molar-refractivity contribution in [2.24, 2.45) is 5.41 Å². The molecule has 0 amide bonds. The highest BCUT2D eigenvalue weighted by Gasteiger charge is 2.19. The van der Waals surface area contributed by atoms with Gasteiger partial charge < -0.3 is 4.40 Å². The van der Waals surface area contributed by atoms with Gasteiger partial charge in [-0.3, -0.25) is 4.98 Å². The molecule has 116 valence electrons. The molecule has 3 aromatic heterocycles. The highest BCUT2D eigenvalue weighted by molar-refractivity contribution is 5.92. The summed E-state index contributed by atoms with van der Waals surface area (Å²) in [7, 11) is 0. The van der Waals surface area contributed by atoms with Gasteiger partial charge in [0.05, 0.1) is 5.52 Å². The van der Waals surface area contributed by atoms with Gasteiger partial charge in [-0.1, -0.05) is 41.5 Å². The third kappa shape index (κ3) is 2.72. The monoisotopic (exact) mass is 295 g/mol. The molecular weight excluding hydrogens is 270 g/mol. The Morgan fingerprint density at radius 1 is 1.05 bits per heavy atom. The summed E-state index contributed by atoms with van der Waals surface area (Å²) >= 11 is 0. The van der Waals surface area contributed by atoms with Gasteiger partial charge >= 0.3 is 0 Å². The SMILES string of the molecule is CC(C)(C)Cc1cc2nc(C(C)(C)C)ccc2c2nccn12. The number of aromatic nitrogens is 3. The van der Waals surface area contributed by atoms with Gasteiger partial charge in [0.1, 0.15) is 5.65 Å². The smallest absolute Gasteiger partial charge is 0.146 e. The van der Waals surface area contributed by atoms with Crippen molar-refractivity contribution in [3.63, 3.8) is 0 Å². The zero-order valence-electron chi connectivity index (χ0n) is 14.4. The van der Waals surface area contributed by atoms with E-state index < -0.39 is 0 Å². The van der Waals surface area contributed by atoms with Gasteiger partial charge in [-0.05, 0) is 30.0 Å². The normalized spacial score (nSPS) is 13.2. The highest BCUT2D eigenvalue weighted by atomic mass is 15.0. The van der Waals surface area contributed by atoms with Crippen LogP contribution in [0.1, 0.15) is 52.9 Å². The number of imidazole rings is 1. The van der Waals surface area contributed by atoms with Gasteiger partial charge in [-0.15, -0.1) is 0 Å². The molecule has 0 saturated heterocycles. The minimum atomic E-state index is 0.0555. The van der Waals surface area contributed by atoms with E-state index in [-0.39, 0.29) is 10.8 Å². The van der Waals surface area contributed by atoms with Crippen molar-refractivity contribution in [1.29, 1.82) is 0 Å². The van der Waals surface area contributed by atoms with E-state index in [1.807, 2.05) is 12.4 Å². The quantitative estimate of drug-likeness (QED) is 0.647. The molecule has 0 spiro atoms. The van der Waals surface area contributed by atoms with Crippen LogP contribution in [-0.4, -0.2) is 14.4 Å². The molecule has 0 radical (unpaired) electrons. The maximum absolute atomic E-state index is 4.91. The van der Waals surface area contributed by atoms with Gasteiger partial charge in [-0.25, -0.2) is 4.98 Å². The van der Waals surface area contributed by atoms with Crippen molar-refractivity contribution >= 4 is 16.6 Å². The minimum absolute atomic E-state index is 0.0555. The van der Waals surface area contributed by atoms with Gasteiger partial charge in [0, 0.05) is 34.6 Å². The summed E-state index contributed by atoms with van der Waals surface area (Å²) in [5.41, 5.74) is 4.73. The lowest BCUT2D eigenvalue weighted by Gasteiger charge is -2.21. The number of hydrogen-bond donors (Lipinski definition) is 0. The van der Waals surface area contributed by atoms with Crippen molar-refractivity contribution in [2.75, 3.05) is 0 Å². The topological polar surface area (TPSA) is 30.2 Å². The molecule has 0 fully saturated rings. The zero-order chi connectivity index (χ0) is 16.1. The summed E-state index contributed by atoms with van der Waals surface area (Å²) in [6, 6.07) is 6.51. The third-order valence-electron chi connectivity index (χ3n) is 3.90. The summed E-state index contributed by atoms with van der Waals surface area (Å²) in [4.78, 5) is 9.47. The maximum Gasteiger partial charge on any atom is 0.146 e. The third-order valence-corrected chi connectivity index (χ3v) is 3.90. The Hall–Kier alpha value is -1.90. The summed E-state index contributed by atoms with van der Waals surface area (Å²) < 4.78 is 2.20. The van der Waals surface area contributed by atoms with E-state index in [2.05, 4.69) is 69.1 Å². The molecule has 0 saturated carbocycles. The highest BCUT2D eigenvalue weighted by Crippen LogP contribution is 2.28. The van der Waals surface area contributed by atoms with E-state index in [1.165, 1.54) is 5.69 Å². The van der Waals surface area contributed by atoms with Gasteiger partial charge in [0.15, 0.2) is 0 Å². The van der Waals surface area contributed by atoms with Crippen LogP contribution in [0.4, 0.5) is 0 Å². The first kappa shape index (κ1) is 15.0. The first-order valence-corrected chi connectivity index (χ1v) is 7.91. The Kier molecular flexibility index (Phi) is 3.28. The first-order chi connectivity index (χ1) is 10.1. The van der Waals surface area contributed by atoms with Crippen LogP contribution in [0, 0.1) is 5.41 Å². The van der Waals surface area contributed by atoms with Crippen molar-refractivity contribution in [1.82, 2.24) is 14.4 Å². The average molecular weight is 295 g/mol. The molecule has 0 atom stereocenters. The average Bonchev–Trinajstić information content (AvgIpc) is 2.85. The van der Waals surface area contributed by atoms with Crippen molar-refractivity contribution in [3.05, 3.63) is 42.0 Å². The lowest BCUT2D eigenvalue weighted by atomic mass is 9.89. The molecule has 22 heavy (non-hydrogen) atoms. The van der Waals surface area contributed by atoms with Gasteiger partial charge in [0.2, 0.25) is 0 Å². The second-order valence-corrected chi connectivity index (χ2v) is 8.37. The molecule has 3 heteroatoms. The van der Waals surface area contributed by atoms with E-state index in [1.54, 1.807) is 0 Å². The fourth-order valence-corrected chi connectivity index (χ4v) is 2.83. The predicted molar refractivity (Wildman–Crippen MR) is 92.4 cm³/mol. The Bertz CT molecular complexity index is 829. The van der Waals surface area contributed by atoms with Crippen LogP contribution in [0.3, 0.4) is 0 Å². The van der Waals surface area contributed by atoms with Gasteiger partial charge in [0.25, 0.3) is 0 Å². The molecule has 0 aliphatic carbocycles. The molecular formula is C19H25N3. The lowest BCUT2D eigenvalue weighted by Crippen LogP contribution is -2.14. The Balaban J connectivity index is 2.28. The minimum Gasteiger partial charge on any atom is -0.303 e. The fraction of sp³-hybridized carbons (Fsp3) is 0.474. The summed E-state index contributed by atoms with van der Waals surface area (Å²) in [5, 5.41) is 1.12. The fourth-order valence-electron chi connectivity index (χ4n) is 2.83. The molecule has 0 bridgehead atoms. The van der Waals surface area contributed by atoms with Crippen LogP contribution >= 0.6 is 0 Å². The standard InChI is InChI=1S/C19H25N3/c1-18(2,3)12-13-11-15-14(17-20-9-10-22(13)17)7-8-16(21-15)19(4,5)6/h7-11H,12H2,1-6H3. The summed E-state index contributed by atoms with van der Waals surface area (Å²) in [5.74, 6) is 0. The number of pyridine rings is 2. The van der Waals surface area contributed by atoms with E-state index >= 15 is 0 Å². The summed E-state index contributed by atoms with van der Waals surface area (Å²) in [6.45, 7) is 13.4. The largest absolute Gasteiger partial charge is 0.303 e. The van der Waals surface area contributed by atoms with Gasteiger partial charge in [-0.2, -0.15) is 0 Å². The van der Waals surface area contributed by atoms with E-state index in [9.17, 15) is 0 Å². The molecule has 3 rings (SSSR count). The van der Waals surface area contributed by atoms with E-state index in [0.717, 1.165) is 28.7 Å². The Morgan fingerprint density at radius 3 is 2.41 bits per heavy atom. The molecule has 0 unspecified atom stereocenters. The predicted octanol–water partition coefficient (Wildman–Crippen LogP) is 4.77. The van der Waals surface area contributed by atoms with Crippen molar-refractivity contribution < 1.29 is 0 Å². The molecule has 0 aliphatic rings. The number of nitrogens with zero attached hydrogens (tertiary/aromatic N) is 3. The first-order valence-electron chi connectivity index (χ1n) is 7.91. The Labute approximate surface area is 132 Å². The van der Waals surface area contributed by atoms with Crippen LogP contribution in [0.5, 0.6) is 0 Å². The number of rotatable bonds is 1. The van der Waals surface area contributed by atoms with Crippen molar-refractivity contribution in [2.45, 2.75) is 53.4 Å². The number of hydrogen-bond acceptors (Lipinski definition) is 2. The molecule has 0 N–H and O–H groups in total. The molecule has 0 aromatic carbocycles. The summed E-state index contributed by atoms with van der Waals surface area (Å²) in [6.07, 6.45) is 4.92. The van der Waals surface area contributed by atoms with E-state index in [4.69, 9.17) is 4.98 Å². The number of fused-ring (bicyclic) bond motifs is 3. The van der Waals surface area contributed by atoms with E-state index in [0.29, 0.717) is 0 Å². The molecule has 0 aliphatic heterocycles. The van der Waals surface area contributed by atoms with Crippen LogP contribution < -0.4 is 0 Å². The Morgan fingerprint density at radius 2 is 1.77 bits per heavy atom. The zero-order valence-corrected chi connectivity index (χ0v) is 14.4. The molecule has 3 aromatic rings. The van der Waals surface area contributed by atoms with Crippen molar-refractivity contribution in [3.8, 4) is 0 Å².